The number of fused-ring (bicyclic) bond motifs is 1. The van der Waals surface area contributed by atoms with Crippen LogP contribution in [-0.2, 0) is 34.5 Å². The van der Waals surface area contributed by atoms with E-state index in [1.54, 1.807) is 22.8 Å². The number of nitrogens with one attached hydrogen (secondary N) is 1. The maximum Gasteiger partial charge on any atom is 0.308 e. The summed E-state index contributed by atoms with van der Waals surface area (Å²) in [5.41, 5.74) is 2.63. The van der Waals surface area contributed by atoms with E-state index in [1.165, 1.54) is 0 Å². The summed E-state index contributed by atoms with van der Waals surface area (Å²) in [4.78, 5) is 25.8. The van der Waals surface area contributed by atoms with E-state index in [9.17, 15) is 18.0 Å². The van der Waals surface area contributed by atoms with Crippen LogP contribution >= 0.6 is 11.3 Å². The number of carbonyl (C=O) groups is 1. The van der Waals surface area contributed by atoms with Crippen molar-refractivity contribution in [1.29, 1.82) is 0 Å². The first-order chi connectivity index (χ1) is 14.9. The Morgan fingerprint density at radius 2 is 1.81 bits per heavy atom. The van der Waals surface area contributed by atoms with Crippen LogP contribution < -0.4 is 9.60 Å². The third-order valence-electron chi connectivity index (χ3n) is 5.43. The first-order valence-electron chi connectivity index (χ1n) is 10.4. The van der Waals surface area contributed by atoms with E-state index < -0.39 is 10.0 Å². The lowest BCUT2D eigenvalue weighted by atomic mass is 10.1. The highest BCUT2D eigenvalue weighted by atomic mass is 32.2. The Balaban J connectivity index is 1.44. The van der Waals surface area contributed by atoms with Gasteiger partial charge in [0.15, 0.2) is 0 Å². The summed E-state index contributed by atoms with van der Waals surface area (Å²) in [6.45, 7) is 4.16. The van der Waals surface area contributed by atoms with Gasteiger partial charge in [-0.3, -0.25) is 14.2 Å². The van der Waals surface area contributed by atoms with Crippen LogP contribution in [0.1, 0.15) is 37.3 Å². The number of carbonyl (C=O) groups excluding carboxylic acids is 1. The lowest BCUT2D eigenvalue weighted by molar-refractivity contribution is -0.128. The molecule has 7 nitrogen and oxygen atoms in total. The number of sulfonamides is 1. The second kappa shape index (κ2) is 8.94. The molecule has 0 saturated carbocycles. The monoisotopic (exact) mass is 459 g/mol. The molecule has 1 aliphatic heterocycles. The molecule has 0 atom stereocenters. The molecule has 1 N–H and O–H groups in total. The molecule has 0 bridgehead atoms. The van der Waals surface area contributed by atoms with Gasteiger partial charge in [0.25, 0.3) is 0 Å². The normalized spacial score (nSPS) is 14.6. The Morgan fingerprint density at radius 3 is 2.48 bits per heavy atom. The number of hydrogen-bond acceptors (Lipinski definition) is 5. The first-order valence-corrected chi connectivity index (χ1v) is 12.7. The zero-order chi connectivity index (χ0) is 22.0. The van der Waals surface area contributed by atoms with Gasteiger partial charge in [-0.15, -0.1) is 0 Å². The Hall–Kier alpha value is -2.49. The molecule has 0 aliphatic carbocycles. The molecule has 2 aromatic carbocycles. The number of benzene rings is 2. The predicted octanol–water partition coefficient (Wildman–Crippen LogP) is 3.07. The van der Waals surface area contributed by atoms with Gasteiger partial charge in [0, 0.05) is 32.6 Å². The van der Waals surface area contributed by atoms with Gasteiger partial charge < -0.3 is 4.90 Å². The maximum atomic E-state index is 12.8. The van der Waals surface area contributed by atoms with Gasteiger partial charge in [0.1, 0.15) is 0 Å². The molecule has 3 aromatic rings. The van der Waals surface area contributed by atoms with E-state index in [4.69, 9.17) is 0 Å². The van der Waals surface area contributed by atoms with Crippen LogP contribution in [0.15, 0.2) is 52.2 Å². The zero-order valence-electron chi connectivity index (χ0n) is 17.3. The maximum absolute atomic E-state index is 12.8. The van der Waals surface area contributed by atoms with Crippen molar-refractivity contribution in [3.63, 3.8) is 0 Å². The molecule has 31 heavy (non-hydrogen) atoms. The smallest absolute Gasteiger partial charge is 0.308 e. The van der Waals surface area contributed by atoms with Crippen molar-refractivity contribution in [3.8, 4) is 0 Å². The van der Waals surface area contributed by atoms with Gasteiger partial charge in [-0.05, 0) is 42.2 Å². The first kappa shape index (κ1) is 21.7. The standard InChI is InChI=1S/C22H25N3O4S2/c1-2-11-25-19-10-9-18(13-20(19)30-22(25)27)31(28,29)23-14-16-5-7-17(8-6-16)15-24-12-3-4-21(24)26/h5-10,13,23H,2-4,11-12,14-15H2,1H3. The zero-order valence-corrected chi connectivity index (χ0v) is 19.0. The topological polar surface area (TPSA) is 88.5 Å². The Morgan fingerprint density at radius 1 is 1.06 bits per heavy atom. The van der Waals surface area contributed by atoms with E-state index in [0.717, 1.165) is 47.4 Å². The average Bonchev–Trinajstić information content (AvgIpc) is 3.30. The number of thiazole rings is 1. The molecule has 1 fully saturated rings. The molecule has 0 radical (unpaired) electrons. The molecule has 0 spiro atoms. The van der Waals surface area contributed by atoms with Crippen molar-refractivity contribution in [2.75, 3.05) is 6.54 Å². The Bertz CT molecular complexity index is 1260. The Kier molecular flexibility index (Phi) is 6.27. The highest BCUT2D eigenvalue weighted by Crippen LogP contribution is 2.22. The minimum Gasteiger partial charge on any atom is -0.338 e. The number of amides is 1. The quantitative estimate of drug-likeness (QED) is 0.561. The fraction of sp³-hybridized carbons (Fsp3) is 0.364. The molecule has 4 rings (SSSR count). The minimum atomic E-state index is -3.71. The van der Waals surface area contributed by atoms with E-state index in [0.29, 0.717) is 24.2 Å². The minimum absolute atomic E-state index is 0.0740. The van der Waals surface area contributed by atoms with Crippen LogP contribution in [0, 0.1) is 0 Å². The molecule has 0 unspecified atom stereocenters. The number of aryl methyl sites for hydroxylation is 1. The summed E-state index contributed by atoms with van der Waals surface area (Å²) >= 11 is 1.07. The fourth-order valence-corrected chi connectivity index (χ4v) is 5.84. The molecule has 1 aliphatic rings. The highest BCUT2D eigenvalue weighted by Gasteiger charge is 2.20. The van der Waals surface area contributed by atoms with Crippen molar-refractivity contribution >= 4 is 37.5 Å². The highest BCUT2D eigenvalue weighted by molar-refractivity contribution is 7.89. The predicted molar refractivity (Wildman–Crippen MR) is 121 cm³/mol. The second-order valence-corrected chi connectivity index (χ2v) is 10.5. The van der Waals surface area contributed by atoms with Crippen molar-refractivity contribution in [3.05, 3.63) is 63.3 Å². The summed E-state index contributed by atoms with van der Waals surface area (Å²) in [5.74, 6) is 0.184. The second-order valence-electron chi connectivity index (χ2n) is 7.71. The Labute approximate surface area is 185 Å². The number of nitrogens with zero attached hydrogens (tertiary/aromatic N) is 2. The number of rotatable bonds is 8. The van der Waals surface area contributed by atoms with Crippen LogP contribution in [0.5, 0.6) is 0 Å². The van der Waals surface area contributed by atoms with Crippen molar-refractivity contribution in [1.82, 2.24) is 14.2 Å². The van der Waals surface area contributed by atoms with Gasteiger partial charge in [-0.2, -0.15) is 0 Å². The van der Waals surface area contributed by atoms with Crippen molar-refractivity contribution < 1.29 is 13.2 Å². The summed E-state index contributed by atoms with van der Waals surface area (Å²) in [7, 11) is -3.71. The van der Waals surface area contributed by atoms with Crippen molar-refractivity contribution in [2.45, 2.75) is 50.7 Å². The SMILES string of the molecule is CCCn1c(=O)sc2cc(S(=O)(=O)NCc3ccc(CN4CCCC4=O)cc3)ccc21. The molecule has 164 valence electrons. The van der Waals surface area contributed by atoms with Crippen molar-refractivity contribution in [2.24, 2.45) is 0 Å². The largest absolute Gasteiger partial charge is 0.338 e. The number of aromatic nitrogens is 1. The average molecular weight is 460 g/mol. The fourth-order valence-electron chi connectivity index (χ4n) is 3.76. The molecule has 2 heterocycles. The van der Waals surface area contributed by atoms with Crippen LogP contribution in [-0.4, -0.2) is 30.3 Å². The van der Waals surface area contributed by atoms with E-state index in [1.807, 2.05) is 36.1 Å². The molecule has 9 heteroatoms. The van der Waals surface area contributed by atoms with Crippen LogP contribution in [0.25, 0.3) is 10.2 Å². The van der Waals surface area contributed by atoms with Crippen LogP contribution in [0.4, 0.5) is 0 Å². The van der Waals surface area contributed by atoms with Crippen LogP contribution in [0.2, 0.25) is 0 Å². The summed E-state index contributed by atoms with van der Waals surface area (Å²) < 4.78 is 30.5. The molecular formula is C22H25N3O4S2. The van der Waals surface area contributed by atoms with Gasteiger partial charge in [-0.25, -0.2) is 13.1 Å². The lowest BCUT2D eigenvalue weighted by Gasteiger charge is -2.15. The molecule has 1 saturated heterocycles. The van der Waals surface area contributed by atoms with Crippen LogP contribution in [0.3, 0.4) is 0 Å². The molecular weight excluding hydrogens is 434 g/mol. The summed E-state index contributed by atoms with van der Waals surface area (Å²) in [6, 6.07) is 12.4. The van der Waals surface area contributed by atoms with E-state index in [-0.39, 0.29) is 22.2 Å². The van der Waals surface area contributed by atoms with E-state index >= 15 is 0 Å². The van der Waals surface area contributed by atoms with Gasteiger partial charge in [0.05, 0.1) is 15.1 Å². The van der Waals surface area contributed by atoms with Gasteiger partial charge >= 0.3 is 4.87 Å². The summed E-state index contributed by atoms with van der Waals surface area (Å²) in [5, 5.41) is 0. The third-order valence-corrected chi connectivity index (χ3v) is 7.77. The number of hydrogen-bond donors (Lipinski definition) is 1. The van der Waals surface area contributed by atoms with Gasteiger partial charge in [-0.1, -0.05) is 42.5 Å². The molecule has 1 aromatic heterocycles. The molecule has 1 amide bonds. The van der Waals surface area contributed by atoms with E-state index in [2.05, 4.69) is 4.72 Å². The van der Waals surface area contributed by atoms with Gasteiger partial charge in [0.2, 0.25) is 15.9 Å². The third kappa shape index (κ3) is 4.73. The summed E-state index contributed by atoms with van der Waals surface area (Å²) in [6.07, 6.45) is 2.36. The number of likely N-dealkylation sites (tertiary alicyclic amines) is 1. The lowest BCUT2D eigenvalue weighted by Crippen LogP contribution is -2.24.